The van der Waals surface area contributed by atoms with Crippen molar-refractivity contribution < 1.29 is 4.74 Å². The number of hydrogen-bond acceptors (Lipinski definition) is 1. The molecule has 0 saturated heterocycles. The number of benzene rings is 1. The molecule has 0 saturated carbocycles. The summed E-state index contributed by atoms with van der Waals surface area (Å²) >= 11 is 0. The van der Waals surface area contributed by atoms with Crippen LogP contribution < -0.4 is 4.74 Å². The molecule has 0 fully saturated rings. The summed E-state index contributed by atoms with van der Waals surface area (Å²) in [5, 5.41) is 0. The molecule has 0 spiro atoms. The second-order valence-electron chi connectivity index (χ2n) is 1.94. The van der Waals surface area contributed by atoms with E-state index in [1.54, 1.807) is 0 Å². The van der Waals surface area contributed by atoms with Gasteiger partial charge in [-0.15, -0.1) is 0 Å². The minimum atomic E-state index is 0.766. The molecule has 1 aliphatic heterocycles. The molecule has 0 aromatic heterocycles. The van der Waals surface area contributed by atoms with Gasteiger partial charge in [0.25, 0.3) is 0 Å². The normalized spacial score (nSPS) is 13.5. The molecule has 1 nitrogen and oxygen atoms in total. The summed E-state index contributed by atoms with van der Waals surface area (Å²) in [4.78, 5) is 0. The molecule has 0 atom stereocenters. The summed E-state index contributed by atoms with van der Waals surface area (Å²) in [5.74, 6) is 1.00. The molecule has 0 radical (unpaired) electrons. The zero-order chi connectivity index (χ0) is 5.40. The third-order valence-corrected chi connectivity index (χ3v) is 1.30. The summed E-state index contributed by atoms with van der Waals surface area (Å²) < 4.78 is 5.18. The minimum absolute atomic E-state index is 0.766. The maximum Gasteiger partial charge on any atom is 0.120 e. The van der Waals surface area contributed by atoms with E-state index in [2.05, 4.69) is 12.1 Å². The highest BCUT2D eigenvalue weighted by molar-refractivity contribution is 5.32. The Balaban J connectivity index is 2.66. The predicted octanol–water partition coefficient (Wildman–Crippen LogP) is 1.58. The zero-order valence-electron chi connectivity index (χ0n) is 4.42. The second kappa shape index (κ2) is 1.25. The number of rotatable bonds is 0. The fourth-order valence-electron chi connectivity index (χ4n) is 0.892. The molecule has 1 heteroatoms. The Morgan fingerprint density at radius 2 is 2.38 bits per heavy atom. The molecular weight excluding hydrogens is 100 g/mol. The van der Waals surface area contributed by atoms with Gasteiger partial charge in [0.15, 0.2) is 0 Å². The summed E-state index contributed by atoms with van der Waals surface area (Å²) in [5.41, 5.74) is 1.28. The van der Waals surface area contributed by atoms with Crippen molar-refractivity contribution in [2.24, 2.45) is 0 Å². The van der Waals surface area contributed by atoms with Gasteiger partial charge in [0.05, 0.1) is 0 Å². The maximum atomic E-state index is 5.18. The van der Waals surface area contributed by atoms with Gasteiger partial charge in [-0.2, -0.15) is 0 Å². The quantitative estimate of drug-likeness (QED) is 0.488. The molecule has 0 N–H and O–H groups in total. The molecule has 8 heavy (non-hydrogen) atoms. The SMILES string of the molecule is c1cc2cc(c1)OC2. The Hall–Kier alpha value is -0.980. The van der Waals surface area contributed by atoms with Crippen LogP contribution in [0.1, 0.15) is 5.56 Å². The fourth-order valence-corrected chi connectivity index (χ4v) is 0.892. The standard InChI is InChI=1S/C7H6O/c1-2-6-4-7(3-1)8-5-6/h1-4H,5H2. The van der Waals surface area contributed by atoms with Crippen molar-refractivity contribution in [1.82, 2.24) is 0 Å². The van der Waals surface area contributed by atoms with Crippen LogP contribution in [0, 0.1) is 0 Å². The molecule has 1 aliphatic rings. The Bertz CT molecular complexity index is 186. The molecular formula is C7H6O. The molecule has 0 amide bonds. The van der Waals surface area contributed by atoms with Crippen molar-refractivity contribution in [2.45, 2.75) is 6.61 Å². The van der Waals surface area contributed by atoms with Crippen LogP contribution in [0.5, 0.6) is 5.75 Å². The largest absolute Gasteiger partial charge is 0.489 e. The van der Waals surface area contributed by atoms with Gasteiger partial charge in [-0.1, -0.05) is 12.1 Å². The van der Waals surface area contributed by atoms with E-state index in [0.29, 0.717) is 0 Å². The van der Waals surface area contributed by atoms with Crippen molar-refractivity contribution in [1.29, 1.82) is 0 Å². The van der Waals surface area contributed by atoms with Gasteiger partial charge in [0, 0.05) is 0 Å². The Morgan fingerprint density at radius 3 is 3.12 bits per heavy atom. The van der Waals surface area contributed by atoms with E-state index in [-0.39, 0.29) is 0 Å². The summed E-state index contributed by atoms with van der Waals surface area (Å²) in [6.45, 7) is 0.766. The highest BCUT2D eigenvalue weighted by atomic mass is 16.5. The van der Waals surface area contributed by atoms with Crippen LogP contribution in [0.15, 0.2) is 24.3 Å². The monoisotopic (exact) mass is 106 g/mol. The first-order valence-electron chi connectivity index (χ1n) is 2.67. The Morgan fingerprint density at radius 1 is 1.38 bits per heavy atom. The van der Waals surface area contributed by atoms with Crippen LogP contribution >= 0.6 is 0 Å². The minimum Gasteiger partial charge on any atom is -0.489 e. The van der Waals surface area contributed by atoms with Crippen molar-refractivity contribution in [3.63, 3.8) is 0 Å². The average molecular weight is 106 g/mol. The average Bonchev–Trinajstić information content (AvgIpc) is 2.12. The van der Waals surface area contributed by atoms with Crippen molar-refractivity contribution in [2.75, 3.05) is 0 Å². The lowest BCUT2D eigenvalue weighted by molar-refractivity contribution is 0.328. The zero-order valence-corrected chi connectivity index (χ0v) is 4.42. The van der Waals surface area contributed by atoms with Crippen LogP contribution in [0.2, 0.25) is 0 Å². The molecule has 2 rings (SSSR count). The van der Waals surface area contributed by atoms with Crippen molar-refractivity contribution in [3.8, 4) is 5.75 Å². The van der Waals surface area contributed by atoms with E-state index in [9.17, 15) is 0 Å². The lowest BCUT2D eigenvalue weighted by atomic mass is 10.2. The summed E-state index contributed by atoms with van der Waals surface area (Å²) in [6, 6.07) is 8.10. The van der Waals surface area contributed by atoms with E-state index in [4.69, 9.17) is 4.74 Å². The molecule has 1 aromatic carbocycles. The van der Waals surface area contributed by atoms with Gasteiger partial charge in [0.1, 0.15) is 12.4 Å². The number of ether oxygens (including phenoxy) is 1. The fraction of sp³-hybridized carbons (Fsp3) is 0.143. The van der Waals surface area contributed by atoms with E-state index >= 15 is 0 Å². The first-order valence-corrected chi connectivity index (χ1v) is 2.67. The summed E-state index contributed by atoms with van der Waals surface area (Å²) in [6.07, 6.45) is 0. The van der Waals surface area contributed by atoms with Crippen LogP contribution in [0.25, 0.3) is 0 Å². The molecule has 2 bridgehead atoms. The van der Waals surface area contributed by atoms with Gasteiger partial charge in [-0.05, 0) is 17.7 Å². The Kier molecular flexibility index (Phi) is 0.618. The second-order valence-corrected chi connectivity index (χ2v) is 1.94. The van der Waals surface area contributed by atoms with E-state index in [1.165, 1.54) is 5.56 Å². The number of hydrogen-bond donors (Lipinski definition) is 0. The third-order valence-electron chi connectivity index (χ3n) is 1.30. The van der Waals surface area contributed by atoms with Crippen LogP contribution in [0.4, 0.5) is 0 Å². The van der Waals surface area contributed by atoms with Gasteiger partial charge in [0.2, 0.25) is 0 Å². The molecule has 40 valence electrons. The van der Waals surface area contributed by atoms with Crippen LogP contribution in [0.3, 0.4) is 0 Å². The van der Waals surface area contributed by atoms with Crippen molar-refractivity contribution in [3.05, 3.63) is 29.8 Å². The van der Waals surface area contributed by atoms with E-state index in [0.717, 1.165) is 12.4 Å². The molecule has 1 heterocycles. The highest BCUT2D eigenvalue weighted by Gasteiger charge is 2.03. The van der Waals surface area contributed by atoms with E-state index in [1.807, 2.05) is 12.1 Å². The molecule has 0 aliphatic carbocycles. The first kappa shape index (κ1) is 3.96. The number of fused-ring (bicyclic) bond motifs is 2. The Labute approximate surface area is 47.9 Å². The molecule has 0 unspecified atom stereocenters. The predicted molar refractivity (Wildman–Crippen MR) is 30.8 cm³/mol. The summed E-state index contributed by atoms with van der Waals surface area (Å²) in [7, 11) is 0. The smallest absolute Gasteiger partial charge is 0.120 e. The topological polar surface area (TPSA) is 9.23 Å². The van der Waals surface area contributed by atoms with Crippen LogP contribution in [-0.2, 0) is 6.61 Å². The maximum absolute atomic E-state index is 5.18. The lowest BCUT2D eigenvalue weighted by Crippen LogP contribution is -1.80. The van der Waals surface area contributed by atoms with Gasteiger partial charge in [-0.3, -0.25) is 0 Å². The highest BCUT2D eigenvalue weighted by Crippen LogP contribution is 2.20. The van der Waals surface area contributed by atoms with Gasteiger partial charge >= 0.3 is 0 Å². The van der Waals surface area contributed by atoms with Crippen LogP contribution in [-0.4, -0.2) is 0 Å². The molecule has 1 aromatic rings. The van der Waals surface area contributed by atoms with Gasteiger partial charge in [-0.25, -0.2) is 0 Å². The first-order chi connectivity index (χ1) is 3.95. The van der Waals surface area contributed by atoms with E-state index < -0.39 is 0 Å². The third kappa shape index (κ3) is 0.413. The van der Waals surface area contributed by atoms with Gasteiger partial charge < -0.3 is 4.74 Å². The lowest BCUT2D eigenvalue weighted by Gasteiger charge is -1.88. The van der Waals surface area contributed by atoms with Crippen molar-refractivity contribution >= 4 is 0 Å².